The quantitative estimate of drug-likeness (QED) is 0.303. The molecule has 0 bridgehead atoms. The van der Waals surface area contributed by atoms with Gasteiger partial charge in [0.2, 0.25) is 5.95 Å². The fourth-order valence-electron chi connectivity index (χ4n) is 3.63. The molecule has 8 heteroatoms. The van der Waals surface area contributed by atoms with E-state index in [9.17, 15) is 0 Å². The molecule has 2 heterocycles. The van der Waals surface area contributed by atoms with E-state index in [1.807, 2.05) is 51.2 Å². The molecule has 1 aromatic heterocycles. The van der Waals surface area contributed by atoms with Crippen molar-refractivity contribution in [2.75, 3.05) is 18.8 Å². The summed E-state index contributed by atoms with van der Waals surface area (Å²) in [6, 6.07) is 0.438. The summed E-state index contributed by atoms with van der Waals surface area (Å²) < 4.78 is 0. The fraction of sp³-hybridized carbons (Fsp3) is 0.417. The Bertz CT molecular complexity index is 944. The van der Waals surface area contributed by atoms with Gasteiger partial charge in [-0.3, -0.25) is 4.90 Å². The van der Waals surface area contributed by atoms with Gasteiger partial charge in [0.15, 0.2) is 0 Å². The van der Waals surface area contributed by atoms with Gasteiger partial charge in [0.25, 0.3) is 5.95 Å². The molecule has 1 atom stereocenters. The van der Waals surface area contributed by atoms with Gasteiger partial charge in [-0.2, -0.15) is 19.9 Å². The first-order chi connectivity index (χ1) is 15.3. The van der Waals surface area contributed by atoms with Crippen molar-refractivity contribution in [3.63, 3.8) is 0 Å². The summed E-state index contributed by atoms with van der Waals surface area (Å²) in [5.74, 6) is 1.37. The van der Waals surface area contributed by atoms with Crippen molar-refractivity contribution in [2.24, 2.45) is 10.7 Å². The van der Waals surface area contributed by atoms with Crippen LogP contribution in [0.2, 0.25) is 0 Å². The number of hydrogen-bond acceptors (Lipinski definition) is 6. The number of nitrogens with two attached hydrogens (primary N) is 2. The lowest BCUT2D eigenvalue weighted by molar-refractivity contribution is 0.263. The zero-order chi connectivity index (χ0) is 23.5. The number of aliphatic imine (C=N–C) groups is 1. The van der Waals surface area contributed by atoms with Crippen LogP contribution in [0.5, 0.6) is 0 Å². The highest BCUT2D eigenvalue weighted by Crippen LogP contribution is 2.23. The average molecular weight is 456 g/mol. The first-order valence-corrected chi connectivity index (χ1v) is 11.3. The Morgan fingerprint density at radius 3 is 2.75 bits per heavy atom. The Hall–Kier alpha value is -2.77. The van der Waals surface area contributed by atoms with Crippen LogP contribution in [-0.4, -0.2) is 44.8 Å². The third-order valence-corrected chi connectivity index (χ3v) is 5.27. The van der Waals surface area contributed by atoms with Crippen molar-refractivity contribution in [3.05, 3.63) is 65.0 Å². The van der Waals surface area contributed by atoms with Crippen molar-refractivity contribution >= 4 is 29.3 Å². The number of halogens is 1. The van der Waals surface area contributed by atoms with Crippen LogP contribution in [-0.2, 0) is 6.42 Å². The lowest BCUT2D eigenvalue weighted by atomic mass is 10.1. The summed E-state index contributed by atoms with van der Waals surface area (Å²) in [6.45, 7) is 11.5. The molecule has 0 amide bonds. The third kappa shape index (κ3) is 8.40. The zero-order valence-corrected chi connectivity index (χ0v) is 20.0. The summed E-state index contributed by atoms with van der Waals surface area (Å²) in [4.78, 5) is 19.7. The van der Waals surface area contributed by atoms with Crippen LogP contribution in [0, 0.1) is 0 Å². The van der Waals surface area contributed by atoms with Crippen molar-refractivity contribution in [2.45, 2.75) is 52.5 Å². The number of hydrogen-bond donors (Lipinski definition) is 2. The summed E-state index contributed by atoms with van der Waals surface area (Å²) in [6.07, 6.45) is 15.6. The van der Waals surface area contributed by atoms with E-state index in [0.717, 1.165) is 37.1 Å². The second-order valence-corrected chi connectivity index (χ2v) is 8.24. The first kappa shape index (κ1) is 25.5. The van der Waals surface area contributed by atoms with E-state index >= 15 is 0 Å². The number of rotatable bonds is 10. The summed E-state index contributed by atoms with van der Waals surface area (Å²) in [5.41, 5.74) is 13.9. The average Bonchev–Trinajstić information content (AvgIpc) is 3.16. The van der Waals surface area contributed by atoms with Gasteiger partial charge in [0.1, 0.15) is 11.7 Å². The molecule has 1 saturated heterocycles. The molecule has 32 heavy (non-hydrogen) atoms. The topological polar surface area (TPSA) is 106 Å². The van der Waals surface area contributed by atoms with E-state index in [0.29, 0.717) is 29.2 Å². The zero-order valence-electron chi connectivity index (χ0n) is 19.3. The molecule has 7 nitrogen and oxygen atoms in total. The van der Waals surface area contributed by atoms with Gasteiger partial charge in [-0.1, -0.05) is 48.6 Å². The predicted octanol–water partition coefficient (Wildman–Crippen LogP) is 4.62. The van der Waals surface area contributed by atoms with Crippen LogP contribution >= 0.6 is 11.6 Å². The number of aryl methyl sites for hydroxylation is 1. The number of aromatic nitrogens is 3. The maximum Gasteiger partial charge on any atom is 0.256 e. The molecular weight excluding hydrogens is 422 g/mol. The number of likely N-dealkylation sites (tertiary alicyclic amines) is 1. The number of anilines is 1. The minimum Gasteiger partial charge on any atom is -0.383 e. The van der Waals surface area contributed by atoms with Gasteiger partial charge >= 0.3 is 0 Å². The molecule has 0 radical (unpaired) electrons. The Balaban J connectivity index is 2.09. The number of nitrogen functional groups attached to an aromatic ring is 1. The molecule has 172 valence electrons. The number of allylic oxidation sites excluding steroid dienone is 6. The van der Waals surface area contributed by atoms with E-state index in [4.69, 9.17) is 23.1 Å². The Morgan fingerprint density at radius 2 is 2.06 bits per heavy atom. The monoisotopic (exact) mass is 455 g/mol. The van der Waals surface area contributed by atoms with Crippen LogP contribution in [0.25, 0.3) is 0 Å². The minimum atomic E-state index is 0.152. The normalized spacial score (nSPS) is 18.9. The van der Waals surface area contributed by atoms with Gasteiger partial charge in [-0.25, -0.2) is 0 Å². The second kappa shape index (κ2) is 12.9. The molecule has 1 aliphatic heterocycles. The largest absolute Gasteiger partial charge is 0.383 e. The van der Waals surface area contributed by atoms with E-state index in [2.05, 4.69) is 37.5 Å². The van der Waals surface area contributed by atoms with Crippen molar-refractivity contribution < 1.29 is 0 Å². The molecule has 2 rings (SSSR count). The molecule has 0 aliphatic carbocycles. The minimum absolute atomic E-state index is 0.152. The SMILES string of the molecule is C=C(Cl)/C=C(\C=C/C)CN1CCCC1CCc1nc(N)nc(N=C(N)/C(C)=C/C=C\C)n1. The van der Waals surface area contributed by atoms with Gasteiger partial charge in [0, 0.05) is 24.0 Å². The predicted molar refractivity (Wildman–Crippen MR) is 135 cm³/mol. The van der Waals surface area contributed by atoms with E-state index in [1.165, 1.54) is 6.42 Å². The van der Waals surface area contributed by atoms with Crippen LogP contribution in [0.1, 0.15) is 45.9 Å². The van der Waals surface area contributed by atoms with Crippen molar-refractivity contribution in [1.82, 2.24) is 19.9 Å². The molecule has 1 aliphatic rings. The molecular formula is C24H34ClN7. The van der Waals surface area contributed by atoms with Crippen molar-refractivity contribution in [3.8, 4) is 0 Å². The molecule has 4 N–H and O–H groups in total. The Morgan fingerprint density at radius 1 is 1.28 bits per heavy atom. The molecule has 0 spiro atoms. The highest BCUT2D eigenvalue weighted by molar-refractivity contribution is 6.30. The first-order valence-electron chi connectivity index (χ1n) is 10.9. The Kier molecular flexibility index (Phi) is 10.3. The lowest BCUT2D eigenvalue weighted by Gasteiger charge is -2.25. The maximum atomic E-state index is 6.06. The molecule has 1 aromatic rings. The second-order valence-electron chi connectivity index (χ2n) is 7.75. The van der Waals surface area contributed by atoms with E-state index < -0.39 is 0 Å². The van der Waals surface area contributed by atoms with Gasteiger partial charge < -0.3 is 11.5 Å². The standard InChI is InChI=1S/C24H34ClN7/c1-5-7-10-17(3)22(26)30-24-29-21(28-23(27)31-24)13-12-20-11-8-14-32(20)16-19(9-6-2)15-18(4)25/h5-7,9-10,15,20H,4,8,11-14,16H2,1-3H3,(H4,26,27,28,29,30,31)/b7-5-,9-6-,17-10+,19-15+. The summed E-state index contributed by atoms with van der Waals surface area (Å²) in [5, 5.41) is 0.540. The maximum absolute atomic E-state index is 6.06. The molecule has 1 fully saturated rings. The van der Waals surface area contributed by atoms with Gasteiger partial charge in [-0.05, 0) is 63.8 Å². The number of nitrogens with zero attached hydrogens (tertiary/aromatic N) is 5. The molecule has 1 unspecified atom stereocenters. The van der Waals surface area contributed by atoms with E-state index in [-0.39, 0.29) is 11.9 Å². The number of amidine groups is 1. The van der Waals surface area contributed by atoms with Crippen LogP contribution in [0.4, 0.5) is 11.9 Å². The fourth-order valence-corrected chi connectivity index (χ4v) is 3.77. The summed E-state index contributed by atoms with van der Waals surface area (Å²) >= 11 is 6.00. The van der Waals surface area contributed by atoms with Crippen molar-refractivity contribution in [1.29, 1.82) is 0 Å². The lowest BCUT2D eigenvalue weighted by Crippen LogP contribution is -2.31. The van der Waals surface area contributed by atoms with Gasteiger partial charge in [0.05, 0.1) is 0 Å². The molecule has 0 saturated carbocycles. The Labute approximate surface area is 196 Å². The van der Waals surface area contributed by atoms with E-state index in [1.54, 1.807) is 0 Å². The van der Waals surface area contributed by atoms with Gasteiger partial charge in [-0.15, -0.1) is 0 Å². The van der Waals surface area contributed by atoms with Crippen LogP contribution < -0.4 is 11.5 Å². The highest BCUT2D eigenvalue weighted by Gasteiger charge is 2.25. The smallest absolute Gasteiger partial charge is 0.256 e. The van der Waals surface area contributed by atoms with Crippen LogP contribution in [0.15, 0.2) is 64.2 Å². The molecule has 0 aromatic carbocycles. The summed E-state index contributed by atoms with van der Waals surface area (Å²) in [7, 11) is 0. The van der Waals surface area contributed by atoms with Crippen LogP contribution in [0.3, 0.4) is 0 Å². The third-order valence-electron chi connectivity index (χ3n) is 5.16. The highest BCUT2D eigenvalue weighted by atomic mass is 35.5.